The molecule has 1 aliphatic rings. The van der Waals surface area contributed by atoms with Crippen LogP contribution in [-0.4, -0.2) is 46.4 Å². The van der Waals surface area contributed by atoms with Gasteiger partial charge in [-0.05, 0) is 32.4 Å². The van der Waals surface area contributed by atoms with Gasteiger partial charge in [0.1, 0.15) is 5.65 Å². The SMILES string of the molecule is CCOC(=O)N1CC=CCC1c1cn(C(=O)OCC)c2ncccc12. The van der Waals surface area contributed by atoms with Crippen LogP contribution in [0.3, 0.4) is 0 Å². The van der Waals surface area contributed by atoms with Crippen LogP contribution in [-0.2, 0) is 9.47 Å². The van der Waals surface area contributed by atoms with Crippen molar-refractivity contribution in [2.45, 2.75) is 26.3 Å². The molecule has 0 aromatic carbocycles. The van der Waals surface area contributed by atoms with Gasteiger partial charge in [-0.2, -0.15) is 0 Å². The first-order valence-corrected chi connectivity index (χ1v) is 8.38. The number of hydrogen-bond donors (Lipinski definition) is 0. The summed E-state index contributed by atoms with van der Waals surface area (Å²) < 4.78 is 11.7. The van der Waals surface area contributed by atoms with Crippen molar-refractivity contribution < 1.29 is 19.1 Å². The Morgan fingerprint density at radius 3 is 2.72 bits per heavy atom. The maximum atomic E-state index is 12.3. The van der Waals surface area contributed by atoms with Crippen LogP contribution in [0.2, 0.25) is 0 Å². The minimum Gasteiger partial charge on any atom is -0.450 e. The zero-order valence-electron chi connectivity index (χ0n) is 14.3. The van der Waals surface area contributed by atoms with Gasteiger partial charge >= 0.3 is 12.2 Å². The number of aromatic nitrogens is 2. The highest BCUT2D eigenvalue weighted by atomic mass is 16.6. The second kappa shape index (κ2) is 7.38. The third-order valence-electron chi connectivity index (χ3n) is 4.12. The summed E-state index contributed by atoms with van der Waals surface area (Å²) in [5.41, 5.74) is 1.38. The Bertz CT molecular complexity index is 812. The van der Waals surface area contributed by atoms with Crippen molar-refractivity contribution in [3.8, 4) is 0 Å². The number of carbonyl (C=O) groups excluding carboxylic acids is 2. The summed E-state index contributed by atoms with van der Waals surface area (Å²) in [5.74, 6) is 0. The monoisotopic (exact) mass is 343 g/mol. The van der Waals surface area contributed by atoms with Gasteiger partial charge in [0, 0.05) is 29.9 Å². The highest BCUT2D eigenvalue weighted by molar-refractivity contribution is 5.90. The Hall–Kier alpha value is -2.83. The lowest BCUT2D eigenvalue weighted by Crippen LogP contribution is -2.37. The standard InChI is InChI=1S/C18H21N3O4/c1-3-24-17(22)20-11-6-5-9-15(20)14-12-21(18(23)25-4-2)16-13(14)8-7-10-19-16/h5-8,10,12,15H,3-4,9,11H2,1-2H3. The van der Waals surface area contributed by atoms with Gasteiger partial charge in [-0.15, -0.1) is 0 Å². The largest absolute Gasteiger partial charge is 0.450 e. The molecule has 1 atom stereocenters. The zero-order valence-corrected chi connectivity index (χ0v) is 14.3. The smallest absolute Gasteiger partial charge is 0.419 e. The first-order valence-electron chi connectivity index (χ1n) is 8.38. The molecule has 2 aromatic heterocycles. The molecule has 1 amide bonds. The molecule has 0 aliphatic carbocycles. The third-order valence-corrected chi connectivity index (χ3v) is 4.12. The van der Waals surface area contributed by atoms with Crippen LogP contribution in [0.1, 0.15) is 31.9 Å². The number of nitrogens with zero attached hydrogens (tertiary/aromatic N) is 3. The van der Waals surface area contributed by atoms with Crippen LogP contribution in [0.4, 0.5) is 9.59 Å². The molecule has 7 heteroatoms. The average Bonchev–Trinajstić information content (AvgIpc) is 3.02. The van der Waals surface area contributed by atoms with Gasteiger partial charge < -0.3 is 9.47 Å². The molecular weight excluding hydrogens is 322 g/mol. The van der Waals surface area contributed by atoms with Crippen molar-refractivity contribution in [3.63, 3.8) is 0 Å². The predicted molar refractivity (Wildman–Crippen MR) is 92.4 cm³/mol. The number of hydrogen-bond acceptors (Lipinski definition) is 5. The van der Waals surface area contributed by atoms with Crippen LogP contribution >= 0.6 is 0 Å². The number of amides is 1. The molecule has 0 bridgehead atoms. The maximum absolute atomic E-state index is 12.3. The first kappa shape index (κ1) is 17.0. The molecular formula is C18H21N3O4. The lowest BCUT2D eigenvalue weighted by atomic mass is 9.99. The number of rotatable bonds is 3. The normalized spacial score (nSPS) is 16.9. The third kappa shape index (κ3) is 3.22. The van der Waals surface area contributed by atoms with Gasteiger partial charge in [0.25, 0.3) is 0 Å². The van der Waals surface area contributed by atoms with Crippen molar-refractivity contribution >= 4 is 23.2 Å². The number of ether oxygens (including phenoxy) is 2. The number of fused-ring (bicyclic) bond motifs is 1. The van der Waals surface area contributed by atoms with E-state index in [-0.39, 0.29) is 18.7 Å². The van der Waals surface area contributed by atoms with Crippen molar-refractivity contribution in [1.82, 2.24) is 14.5 Å². The second-order valence-corrected chi connectivity index (χ2v) is 5.60. The van der Waals surface area contributed by atoms with E-state index in [0.717, 1.165) is 10.9 Å². The Morgan fingerprint density at radius 1 is 1.20 bits per heavy atom. The maximum Gasteiger partial charge on any atom is 0.419 e. The van der Waals surface area contributed by atoms with Gasteiger partial charge in [-0.3, -0.25) is 4.90 Å². The van der Waals surface area contributed by atoms with Crippen LogP contribution < -0.4 is 0 Å². The Kier molecular flexibility index (Phi) is 5.02. The van der Waals surface area contributed by atoms with Crippen LogP contribution in [0, 0.1) is 0 Å². The van der Waals surface area contributed by atoms with Crippen molar-refractivity contribution in [2.75, 3.05) is 19.8 Å². The lowest BCUT2D eigenvalue weighted by Gasteiger charge is -2.32. The fourth-order valence-corrected chi connectivity index (χ4v) is 3.05. The van der Waals surface area contributed by atoms with Gasteiger partial charge in [-0.25, -0.2) is 19.1 Å². The molecule has 0 fully saturated rings. The minimum atomic E-state index is -0.480. The van der Waals surface area contributed by atoms with E-state index in [1.807, 2.05) is 24.3 Å². The minimum absolute atomic E-state index is 0.216. The van der Waals surface area contributed by atoms with Crippen LogP contribution in [0.15, 0.2) is 36.7 Å². The molecule has 1 aliphatic heterocycles. The number of carbonyl (C=O) groups is 2. The van der Waals surface area contributed by atoms with E-state index >= 15 is 0 Å². The molecule has 0 spiro atoms. The molecule has 0 radical (unpaired) electrons. The quantitative estimate of drug-likeness (QED) is 0.798. The molecule has 3 rings (SSSR count). The second-order valence-electron chi connectivity index (χ2n) is 5.60. The summed E-state index contributed by atoms with van der Waals surface area (Å²) in [7, 11) is 0. The zero-order chi connectivity index (χ0) is 17.8. The highest BCUT2D eigenvalue weighted by Gasteiger charge is 2.30. The summed E-state index contributed by atoms with van der Waals surface area (Å²) in [6.07, 6.45) is 7.12. The fraction of sp³-hybridized carbons (Fsp3) is 0.389. The van der Waals surface area contributed by atoms with Gasteiger partial charge in [-0.1, -0.05) is 12.2 Å². The van der Waals surface area contributed by atoms with E-state index in [4.69, 9.17) is 9.47 Å². The van der Waals surface area contributed by atoms with Gasteiger partial charge in [0.05, 0.1) is 19.3 Å². The van der Waals surface area contributed by atoms with E-state index < -0.39 is 6.09 Å². The predicted octanol–water partition coefficient (Wildman–Crippen LogP) is 3.50. The van der Waals surface area contributed by atoms with E-state index in [9.17, 15) is 9.59 Å². The Labute approximate surface area is 145 Å². The summed E-state index contributed by atoms with van der Waals surface area (Å²) in [4.78, 5) is 30.6. The van der Waals surface area contributed by atoms with Crippen LogP contribution in [0.25, 0.3) is 11.0 Å². The molecule has 25 heavy (non-hydrogen) atoms. The van der Waals surface area contributed by atoms with Crippen molar-refractivity contribution in [3.05, 3.63) is 42.2 Å². The van der Waals surface area contributed by atoms with E-state index in [1.165, 1.54) is 4.57 Å². The van der Waals surface area contributed by atoms with E-state index in [1.54, 1.807) is 31.1 Å². The van der Waals surface area contributed by atoms with Crippen molar-refractivity contribution in [1.29, 1.82) is 0 Å². The molecule has 7 nitrogen and oxygen atoms in total. The summed E-state index contributed by atoms with van der Waals surface area (Å²) in [5, 5.41) is 0.824. The van der Waals surface area contributed by atoms with Crippen molar-refractivity contribution in [2.24, 2.45) is 0 Å². The molecule has 0 saturated heterocycles. The summed E-state index contributed by atoms with van der Waals surface area (Å²) in [6.45, 7) is 4.60. The fourth-order valence-electron chi connectivity index (χ4n) is 3.05. The van der Waals surface area contributed by atoms with Gasteiger partial charge in [0.15, 0.2) is 0 Å². The van der Waals surface area contributed by atoms with Crippen LogP contribution in [0.5, 0.6) is 0 Å². The Balaban J connectivity index is 2.06. The van der Waals surface area contributed by atoms with E-state index in [0.29, 0.717) is 25.2 Å². The molecule has 1 unspecified atom stereocenters. The molecule has 0 saturated carbocycles. The molecule has 2 aromatic rings. The average molecular weight is 343 g/mol. The topological polar surface area (TPSA) is 73.7 Å². The first-order chi connectivity index (χ1) is 12.2. The molecule has 0 N–H and O–H groups in total. The lowest BCUT2D eigenvalue weighted by molar-refractivity contribution is 0.0935. The molecule has 3 heterocycles. The van der Waals surface area contributed by atoms with Gasteiger partial charge in [0.2, 0.25) is 0 Å². The summed E-state index contributed by atoms with van der Waals surface area (Å²) >= 11 is 0. The van der Waals surface area contributed by atoms with E-state index in [2.05, 4.69) is 4.98 Å². The summed E-state index contributed by atoms with van der Waals surface area (Å²) in [6, 6.07) is 3.50. The molecule has 132 valence electrons. The highest BCUT2D eigenvalue weighted by Crippen LogP contribution is 2.34. The number of pyridine rings is 1. The Morgan fingerprint density at radius 2 is 1.96 bits per heavy atom.